The van der Waals surface area contributed by atoms with E-state index in [1.807, 2.05) is 0 Å². The summed E-state index contributed by atoms with van der Waals surface area (Å²) in [6.45, 7) is 4.81. The Morgan fingerprint density at radius 1 is 1.20 bits per heavy atom. The highest BCUT2D eigenvalue weighted by Gasteiger charge is 2.14. The van der Waals surface area contributed by atoms with Crippen LogP contribution in [0.5, 0.6) is 0 Å². The summed E-state index contributed by atoms with van der Waals surface area (Å²) in [6, 6.07) is 6.92. The molecule has 1 fully saturated rings. The summed E-state index contributed by atoms with van der Waals surface area (Å²) >= 11 is 0. The molecule has 1 N–H and O–H groups in total. The van der Waals surface area contributed by atoms with Gasteiger partial charge < -0.3 is 5.32 Å². The van der Waals surface area contributed by atoms with Gasteiger partial charge in [-0.25, -0.2) is 0 Å². The Morgan fingerprint density at radius 3 is 2.93 bits per heavy atom. The number of anilines is 1. The van der Waals surface area contributed by atoms with Crippen molar-refractivity contribution in [2.45, 2.75) is 25.8 Å². The van der Waals surface area contributed by atoms with Crippen LogP contribution in [0.25, 0.3) is 0 Å². The van der Waals surface area contributed by atoms with Crippen molar-refractivity contribution in [3.8, 4) is 0 Å². The Kier molecular flexibility index (Phi) is 2.37. The minimum Gasteiger partial charge on any atom is -0.384 e. The average Bonchev–Trinajstić information content (AvgIpc) is 2.87. The van der Waals surface area contributed by atoms with Crippen molar-refractivity contribution in [3.05, 3.63) is 29.3 Å². The van der Waals surface area contributed by atoms with Crippen molar-refractivity contribution in [2.75, 3.05) is 25.0 Å². The molecular formula is C13H18N2. The quantitative estimate of drug-likeness (QED) is 0.791. The number of benzene rings is 1. The van der Waals surface area contributed by atoms with Gasteiger partial charge in [-0.15, -0.1) is 0 Å². The van der Waals surface area contributed by atoms with Crippen molar-refractivity contribution in [2.24, 2.45) is 0 Å². The lowest BCUT2D eigenvalue weighted by molar-refractivity contribution is 0.331. The van der Waals surface area contributed by atoms with Crippen LogP contribution < -0.4 is 5.32 Å². The standard InChI is InChI=1S/C13H18N2/c1-2-8-15(7-1)10-11-3-4-12-5-6-14-13(12)9-11/h3-4,9,14H,1-2,5-8,10H2. The SMILES string of the molecule is c1cc2c(cc1CN1CCCC1)NCC2. The van der Waals surface area contributed by atoms with Crippen LogP contribution in [-0.4, -0.2) is 24.5 Å². The molecule has 2 aliphatic heterocycles. The molecule has 0 unspecified atom stereocenters. The highest BCUT2D eigenvalue weighted by Crippen LogP contribution is 2.24. The number of hydrogen-bond acceptors (Lipinski definition) is 2. The third-order valence-corrected chi connectivity index (χ3v) is 3.49. The first-order valence-electron chi connectivity index (χ1n) is 6.00. The molecular weight excluding hydrogens is 184 g/mol. The largest absolute Gasteiger partial charge is 0.384 e. The minimum absolute atomic E-state index is 1.11. The molecule has 0 aromatic heterocycles. The van der Waals surface area contributed by atoms with E-state index in [4.69, 9.17) is 0 Å². The summed E-state index contributed by atoms with van der Waals surface area (Å²) < 4.78 is 0. The van der Waals surface area contributed by atoms with Crippen molar-refractivity contribution < 1.29 is 0 Å². The van der Waals surface area contributed by atoms with Crippen molar-refractivity contribution in [3.63, 3.8) is 0 Å². The fourth-order valence-corrected chi connectivity index (χ4v) is 2.64. The molecule has 3 rings (SSSR count). The maximum Gasteiger partial charge on any atom is 0.0376 e. The van der Waals surface area contributed by atoms with Gasteiger partial charge in [-0.2, -0.15) is 0 Å². The maximum absolute atomic E-state index is 3.45. The zero-order valence-electron chi connectivity index (χ0n) is 9.13. The predicted octanol–water partition coefficient (Wildman–Crippen LogP) is 2.25. The first-order valence-corrected chi connectivity index (χ1v) is 6.00. The van der Waals surface area contributed by atoms with E-state index in [0.717, 1.165) is 13.1 Å². The van der Waals surface area contributed by atoms with E-state index in [1.165, 1.54) is 49.2 Å². The molecule has 0 atom stereocenters. The number of nitrogens with one attached hydrogen (secondary N) is 1. The van der Waals surface area contributed by atoms with Gasteiger partial charge in [-0.05, 0) is 49.5 Å². The van der Waals surface area contributed by atoms with Gasteiger partial charge in [0.2, 0.25) is 0 Å². The second-order valence-corrected chi connectivity index (χ2v) is 4.65. The third kappa shape index (κ3) is 1.86. The third-order valence-electron chi connectivity index (χ3n) is 3.49. The fourth-order valence-electron chi connectivity index (χ4n) is 2.64. The second kappa shape index (κ2) is 3.86. The highest BCUT2D eigenvalue weighted by atomic mass is 15.1. The van der Waals surface area contributed by atoms with Gasteiger partial charge in [0.1, 0.15) is 0 Å². The molecule has 2 nitrogen and oxygen atoms in total. The fraction of sp³-hybridized carbons (Fsp3) is 0.538. The van der Waals surface area contributed by atoms with E-state index >= 15 is 0 Å². The maximum atomic E-state index is 3.45. The minimum atomic E-state index is 1.11. The van der Waals surface area contributed by atoms with E-state index in [-0.39, 0.29) is 0 Å². The van der Waals surface area contributed by atoms with Gasteiger partial charge in [-0.3, -0.25) is 4.90 Å². The van der Waals surface area contributed by atoms with Gasteiger partial charge >= 0.3 is 0 Å². The summed E-state index contributed by atoms with van der Waals surface area (Å²) in [5.74, 6) is 0. The lowest BCUT2D eigenvalue weighted by Gasteiger charge is -2.15. The first-order chi connectivity index (χ1) is 7.42. The van der Waals surface area contributed by atoms with Crippen LogP contribution in [0, 0.1) is 0 Å². The van der Waals surface area contributed by atoms with Gasteiger partial charge in [-0.1, -0.05) is 12.1 Å². The molecule has 1 aromatic rings. The topological polar surface area (TPSA) is 15.3 Å². The van der Waals surface area contributed by atoms with Gasteiger partial charge in [0.05, 0.1) is 0 Å². The molecule has 0 saturated carbocycles. The molecule has 0 spiro atoms. The van der Waals surface area contributed by atoms with Crippen LogP contribution in [0.15, 0.2) is 18.2 Å². The van der Waals surface area contributed by atoms with Crippen LogP contribution in [0.1, 0.15) is 24.0 Å². The Morgan fingerprint density at radius 2 is 2.07 bits per heavy atom. The lowest BCUT2D eigenvalue weighted by Crippen LogP contribution is -2.18. The van der Waals surface area contributed by atoms with E-state index in [1.54, 1.807) is 0 Å². The Hall–Kier alpha value is -1.02. The molecule has 15 heavy (non-hydrogen) atoms. The van der Waals surface area contributed by atoms with Crippen molar-refractivity contribution >= 4 is 5.69 Å². The van der Waals surface area contributed by atoms with E-state index in [2.05, 4.69) is 28.4 Å². The monoisotopic (exact) mass is 202 g/mol. The second-order valence-electron chi connectivity index (χ2n) is 4.65. The number of rotatable bonds is 2. The number of hydrogen-bond donors (Lipinski definition) is 1. The summed E-state index contributed by atoms with van der Waals surface area (Å²) in [7, 11) is 0. The molecule has 0 amide bonds. The number of likely N-dealkylation sites (tertiary alicyclic amines) is 1. The van der Waals surface area contributed by atoms with Crippen LogP contribution >= 0.6 is 0 Å². The number of nitrogens with zero attached hydrogens (tertiary/aromatic N) is 1. The molecule has 0 radical (unpaired) electrons. The predicted molar refractivity (Wildman–Crippen MR) is 63.1 cm³/mol. The molecule has 2 heteroatoms. The molecule has 2 heterocycles. The summed E-state index contributed by atoms with van der Waals surface area (Å²) in [4.78, 5) is 2.55. The summed E-state index contributed by atoms with van der Waals surface area (Å²) in [6.07, 6.45) is 3.95. The average molecular weight is 202 g/mol. The van der Waals surface area contributed by atoms with Gasteiger partial charge in [0.15, 0.2) is 0 Å². The Bertz CT molecular complexity index is 354. The number of fused-ring (bicyclic) bond motifs is 1. The zero-order chi connectivity index (χ0) is 10.1. The van der Waals surface area contributed by atoms with E-state index < -0.39 is 0 Å². The van der Waals surface area contributed by atoms with Crippen molar-refractivity contribution in [1.29, 1.82) is 0 Å². The van der Waals surface area contributed by atoms with E-state index in [9.17, 15) is 0 Å². The molecule has 80 valence electrons. The smallest absolute Gasteiger partial charge is 0.0376 e. The Balaban J connectivity index is 1.75. The van der Waals surface area contributed by atoms with E-state index in [0.29, 0.717) is 0 Å². The highest BCUT2D eigenvalue weighted by molar-refractivity contribution is 5.56. The molecule has 0 bridgehead atoms. The zero-order valence-corrected chi connectivity index (χ0v) is 9.13. The van der Waals surface area contributed by atoms with Crippen LogP contribution in [-0.2, 0) is 13.0 Å². The van der Waals surface area contributed by atoms with Crippen LogP contribution in [0.3, 0.4) is 0 Å². The summed E-state index contributed by atoms with van der Waals surface area (Å²) in [5, 5.41) is 3.45. The molecule has 2 aliphatic rings. The first kappa shape index (κ1) is 9.22. The Labute approximate surface area is 91.3 Å². The molecule has 1 saturated heterocycles. The normalized spacial score (nSPS) is 20.3. The van der Waals surface area contributed by atoms with Gasteiger partial charge in [0, 0.05) is 18.8 Å². The lowest BCUT2D eigenvalue weighted by atomic mass is 10.1. The molecule has 0 aliphatic carbocycles. The van der Waals surface area contributed by atoms with Crippen molar-refractivity contribution in [1.82, 2.24) is 4.90 Å². The van der Waals surface area contributed by atoms with Crippen LogP contribution in [0.2, 0.25) is 0 Å². The molecule has 1 aromatic carbocycles. The van der Waals surface area contributed by atoms with Gasteiger partial charge in [0.25, 0.3) is 0 Å². The summed E-state index contributed by atoms with van der Waals surface area (Å²) in [5.41, 5.74) is 4.32. The van der Waals surface area contributed by atoms with Crippen LogP contribution in [0.4, 0.5) is 5.69 Å².